The Bertz CT molecular complexity index is 2090. The molecule has 2 N–H and O–H groups in total. The lowest BCUT2D eigenvalue weighted by Gasteiger charge is -2.12. The zero-order valence-electron chi connectivity index (χ0n) is 19.6. The smallest absolute Gasteiger partial charge is 0.235 e. The lowest BCUT2D eigenvalue weighted by Crippen LogP contribution is -2.19. The summed E-state index contributed by atoms with van der Waals surface area (Å²) in [5.41, 5.74) is 4.17. The summed E-state index contributed by atoms with van der Waals surface area (Å²) in [5.74, 6) is 0.145. The van der Waals surface area contributed by atoms with Gasteiger partial charge in [-0.3, -0.25) is 19.4 Å². The molecule has 8 bridgehead atoms. The van der Waals surface area contributed by atoms with Crippen LogP contribution in [0.2, 0.25) is 0 Å². The second-order valence-electron chi connectivity index (χ2n) is 9.56. The fourth-order valence-electron chi connectivity index (χ4n) is 5.48. The first-order valence-corrected chi connectivity index (χ1v) is 13.1. The maximum Gasteiger partial charge on any atom is 0.235 e. The Morgan fingerprint density at radius 1 is 0.919 bits per heavy atom. The third-order valence-corrected chi connectivity index (χ3v) is 8.45. The molecule has 0 amide bonds. The van der Waals surface area contributed by atoms with Gasteiger partial charge in [0.1, 0.15) is 15.9 Å². The molecule has 180 valence electrons. The lowest BCUT2D eigenvalue weighted by atomic mass is 10.1. The van der Waals surface area contributed by atoms with Crippen molar-refractivity contribution in [1.29, 1.82) is 0 Å². The van der Waals surface area contributed by atoms with Crippen LogP contribution >= 0.6 is 11.3 Å². The predicted octanol–water partition coefficient (Wildman–Crippen LogP) is 6.05. The highest BCUT2D eigenvalue weighted by Gasteiger charge is 2.25. The Hall–Kier alpha value is -4.44. The summed E-state index contributed by atoms with van der Waals surface area (Å²) in [4.78, 5) is 36.7. The van der Waals surface area contributed by atoms with Crippen molar-refractivity contribution in [3.8, 4) is 0 Å². The summed E-state index contributed by atoms with van der Waals surface area (Å²) in [7, 11) is 0. The maximum atomic E-state index is 13.9. The SMILES string of the molecule is O=C(C1CCCC1)n1c2cncc(c2)c2cnc3[nH]nc(c4nc5c(nccc5c5ccc1s5)[nH]4)c3c2. The van der Waals surface area contributed by atoms with E-state index in [1.807, 2.05) is 28.8 Å². The van der Waals surface area contributed by atoms with E-state index in [4.69, 9.17) is 4.98 Å². The van der Waals surface area contributed by atoms with Crippen LogP contribution in [0.3, 0.4) is 0 Å². The standard InChI is InChI=1S/C27H20N8OS/c36-27(14-3-1-2-4-14)35-17-9-15(11-28-13-17)16-10-19-23(33-34-24(19)30-12-16)26-31-22-18(7-8-29-25(22)32-26)20-5-6-21(35)37-20/h5-14H,1-4H2,(H,29,31,32)(H,30,33,34). The first-order valence-electron chi connectivity index (χ1n) is 12.3. The Kier molecular flexibility index (Phi) is 4.36. The summed E-state index contributed by atoms with van der Waals surface area (Å²) < 4.78 is 2.86. The summed E-state index contributed by atoms with van der Waals surface area (Å²) in [5, 5.41) is 11.1. The van der Waals surface area contributed by atoms with Crippen LogP contribution in [0.4, 0.5) is 0 Å². The molecule has 0 aliphatic heterocycles. The van der Waals surface area contributed by atoms with Gasteiger partial charge in [0, 0.05) is 45.4 Å². The number of H-pyrrole nitrogens is 2. The van der Waals surface area contributed by atoms with Gasteiger partial charge >= 0.3 is 0 Å². The van der Waals surface area contributed by atoms with Gasteiger partial charge in [-0.2, -0.15) is 5.10 Å². The average molecular weight is 505 g/mol. The molecule has 0 spiro atoms. The molecule has 7 aromatic heterocycles. The van der Waals surface area contributed by atoms with Gasteiger partial charge in [-0.1, -0.05) is 12.8 Å². The van der Waals surface area contributed by atoms with E-state index >= 15 is 0 Å². The number of carbonyl (C=O) groups is 1. The van der Waals surface area contributed by atoms with Crippen molar-refractivity contribution in [2.45, 2.75) is 25.7 Å². The molecule has 1 fully saturated rings. The third kappa shape index (κ3) is 3.15. The molecule has 37 heavy (non-hydrogen) atoms. The van der Waals surface area contributed by atoms with Crippen molar-refractivity contribution in [1.82, 2.24) is 39.7 Å². The van der Waals surface area contributed by atoms with Gasteiger partial charge in [0.15, 0.2) is 16.9 Å². The number of rotatable bonds is 1. The van der Waals surface area contributed by atoms with Crippen molar-refractivity contribution >= 4 is 81.8 Å². The summed E-state index contributed by atoms with van der Waals surface area (Å²) >= 11 is 1.57. The lowest BCUT2D eigenvalue weighted by molar-refractivity contribution is 0.0847. The minimum absolute atomic E-state index is 0.0179. The van der Waals surface area contributed by atoms with Crippen LogP contribution < -0.4 is 0 Å². The van der Waals surface area contributed by atoms with Crippen LogP contribution in [0, 0.1) is 5.92 Å². The number of hydrogen-bond acceptors (Lipinski definition) is 7. The van der Waals surface area contributed by atoms with E-state index in [0.717, 1.165) is 67.8 Å². The molecular weight excluding hydrogens is 484 g/mol. The molecule has 10 heteroatoms. The topological polar surface area (TPSA) is 118 Å². The molecule has 0 unspecified atom stereocenters. The van der Waals surface area contributed by atoms with E-state index in [1.165, 1.54) is 0 Å². The van der Waals surface area contributed by atoms with Crippen molar-refractivity contribution in [3.63, 3.8) is 0 Å². The predicted molar refractivity (Wildman–Crippen MR) is 145 cm³/mol. The van der Waals surface area contributed by atoms with Gasteiger partial charge < -0.3 is 4.98 Å². The highest BCUT2D eigenvalue weighted by Crippen LogP contribution is 2.32. The number of nitrogens with zero attached hydrogens (tertiary/aromatic N) is 6. The second kappa shape index (κ2) is 7.78. The number of thiophene rings is 1. The highest BCUT2D eigenvalue weighted by molar-refractivity contribution is 7.24. The number of hydrogen-bond donors (Lipinski definition) is 2. The van der Waals surface area contributed by atoms with E-state index in [9.17, 15) is 4.79 Å². The Labute approximate surface area is 212 Å². The monoisotopic (exact) mass is 504 g/mol. The quantitative estimate of drug-likeness (QED) is 0.281. The minimum Gasteiger partial charge on any atom is -0.321 e. The number of fused-ring (bicyclic) bond motifs is 9. The van der Waals surface area contributed by atoms with Crippen LogP contribution in [0.1, 0.15) is 30.5 Å². The minimum atomic E-state index is 0.0179. The van der Waals surface area contributed by atoms with Gasteiger partial charge in [0.2, 0.25) is 5.91 Å². The van der Waals surface area contributed by atoms with Gasteiger partial charge in [-0.25, -0.2) is 15.0 Å². The number of aromatic amines is 2. The molecule has 7 aromatic rings. The molecule has 1 saturated carbocycles. The van der Waals surface area contributed by atoms with Crippen LogP contribution in [0.5, 0.6) is 0 Å². The van der Waals surface area contributed by atoms with Crippen LogP contribution in [-0.4, -0.2) is 45.6 Å². The summed E-state index contributed by atoms with van der Waals surface area (Å²) in [6.07, 6.45) is 11.2. The number of aromatic nitrogens is 8. The molecule has 0 atom stereocenters. The molecule has 8 rings (SSSR count). The van der Waals surface area contributed by atoms with E-state index < -0.39 is 0 Å². The molecule has 0 saturated heterocycles. The molecule has 1 aliphatic rings. The highest BCUT2D eigenvalue weighted by atomic mass is 32.1. The van der Waals surface area contributed by atoms with E-state index in [0.29, 0.717) is 22.5 Å². The fraction of sp³-hybridized carbons (Fsp3) is 0.185. The number of carbonyl (C=O) groups excluding carboxylic acids is 1. The molecule has 0 aromatic carbocycles. The maximum absolute atomic E-state index is 13.9. The first-order chi connectivity index (χ1) is 18.2. The Balaban J connectivity index is 1.60. The van der Waals surface area contributed by atoms with Gasteiger partial charge in [0.05, 0.1) is 17.1 Å². The molecule has 9 nitrogen and oxygen atoms in total. The van der Waals surface area contributed by atoms with E-state index in [1.54, 1.807) is 36.1 Å². The Morgan fingerprint density at radius 3 is 2.73 bits per heavy atom. The molecule has 0 radical (unpaired) electrons. The second-order valence-corrected chi connectivity index (χ2v) is 10.6. The summed E-state index contributed by atoms with van der Waals surface area (Å²) in [6, 6.07) is 10.1. The normalized spacial score (nSPS) is 14.6. The third-order valence-electron chi connectivity index (χ3n) is 7.34. The van der Waals surface area contributed by atoms with Crippen LogP contribution in [-0.2, 0) is 0 Å². The van der Waals surface area contributed by atoms with E-state index in [2.05, 4.69) is 36.2 Å². The fourth-order valence-corrected chi connectivity index (χ4v) is 6.54. The average Bonchev–Trinajstić information content (AvgIpc) is 3.73. The van der Waals surface area contributed by atoms with Crippen LogP contribution in [0.25, 0.3) is 64.6 Å². The van der Waals surface area contributed by atoms with Gasteiger partial charge in [-0.15, -0.1) is 11.3 Å². The number of imidazole rings is 1. The molecular formula is C27H20N8OS. The molecule has 1 aliphatic carbocycles. The Morgan fingerprint density at radius 2 is 1.81 bits per heavy atom. The van der Waals surface area contributed by atoms with Gasteiger partial charge in [0.25, 0.3) is 0 Å². The van der Waals surface area contributed by atoms with Crippen molar-refractivity contribution in [2.75, 3.05) is 0 Å². The zero-order chi connectivity index (χ0) is 24.5. The zero-order valence-corrected chi connectivity index (χ0v) is 20.4. The number of nitrogens with one attached hydrogen (secondary N) is 2. The van der Waals surface area contributed by atoms with Crippen molar-refractivity contribution < 1.29 is 4.79 Å². The van der Waals surface area contributed by atoms with Crippen molar-refractivity contribution in [2.24, 2.45) is 5.92 Å². The number of pyridine rings is 3. The molecule has 7 heterocycles. The first kappa shape index (κ1) is 20.7. The van der Waals surface area contributed by atoms with E-state index in [-0.39, 0.29) is 11.8 Å². The summed E-state index contributed by atoms with van der Waals surface area (Å²) in [6.45, 7) is 0. The van der Waals surface area contributed by atoms with Gasteiger partial charge in [-0.05, 0) is 43.2 Å². The largest absolute Gasteiger partial charge is 0.321 e. The van der Waals surface area contributed by atoms with Crippen molar-refractivity contribution in [3.05, 3.63) is 55.1 Å². The van der Waals surface area contributed by atoms with Crippen LogP contribution in [0.15, 0.2) is 55.1 Å².